The minimum absolute atomic E-state index is 0. The normalized spacial score (nSPS) is 20.6. The van der Waals surface area contributed by atoms with Crippen molar-refractivity contribution in [1.82, 2.24) is 0 Å². The van der Waals surface area contributed by atoms with Crippen LogP contribution in [-0.2, 0) is 9.53 Å². The van der Waals surface area contributed by atoms with E-state index in [0.29, 0.717) is 12.8 Å². The average molecular weight is 575 g/mol. The Labute approximate surface area is 246 Å². The summed E-state index contributed by atoms with van der Waals surface area (Å²) in [5.41, 5.74) is 3.97. The van der Waals surface area contributed by atoms with Gasteiger partial charge in [-0.1, -0.05) is 68.4 Å². The molecule has 4 rings (SSSR count). The van der Waals surface area contributed by atoms with Crippen LogP contribution >= 0.6 is 7.26 Å². The summed E-state index contributed by atoms with van der Waals surface area (Å²) in [6.07, 6.45) is 5.93. The molecule has 0 heterocycles. The van der Waals surface area contributed by atoms with Crippen LogP contribution in [0.2, 0.25) is 0 Å². The van der Waals surface area contributed by atoms with Crippen LogP contribution in [0, 0.1) is 5.41 Å². The Kier molecular flexibility index (Phi) is 10.4. The van der Waals surface area contributed by atoms with Crippen LogP contribution in [0.1, 0.15) is 47.5 Å². The maximum Gasteiger partial charge on any atom is 0.302 e. The van der Waals surface area contributed by atoms with Gasteiger partial charge in [-0.2, -0.15) is 0 Å². The second kappa shape index (κ2) is 13.2. The summed E-state index contributed by atoms with van der Waals surface area (Å²) in [6.45, 7) is 9.50. The molecule has 0 aliphatic heterocycles. The zero-order valence-corrected chi connectivity index (χ0v) is 25.8. The van der Waals surface area contributed by atoms with Gasteiger partial charge in [0.25, 0.3) is 0 Å². The molecular weight excluding hydrogens is 535 g/mol. The predicted octanol–water partition coefficient (Wildman–Crippen LogP) is 3.52. The number of carbonyl (C=O) groups excluding carboxylic acids is 1. The highest BCUT2D eigenvalue weighted by Gasteiger charge is 2.46. The molecule has 1 saturated carbocycles. The first-order valence-corrected chi connectivity index (χ1v) is 15.6. The molecule has 1 fully saturated rings. The fourth-order valence-electron chi connectivity index (χ4n) is 6.02. The van der Waals surface area contributed by atoms with E-state index in [4.69, 9.17) is 4.74 Å². The molecule has 1 N–H and O–H groups in total. The lowest BCUT2D eigenvalue weighted by Gasteiger charge is -2.44. The Bertz CT molecular complexity index is 1260. The van der Waals surface area contributed by atoms with Crippen LogP contribution in [0.4, 0.5) is 0 Å². The fraction of sp³-hybridized carbons (Fsp3) is 0.314. The number of hydrogen-bond donors (Lipinski definition) is 1. The van der Waals surface area contributed by atoms with E-state index in [2.05, 4.69) is 124 Å². The Hall–Kier alpha value is -2.93. The third-order valence-corrected chi connectivity index (χ3v) is 11.9. The van der Waals surface area contributed by atoms with E-state index in [9.17, 15) is 9.90 Å². The molecule has 40 heavy (non-hydrogen) atoms. The van der Waals surface area contributed by atoms with Crippen LogP contribution in [0.5, 0.6) is 0 Å². The Morgan fingerprint density at radius 1 is 0.875 bits per heavy atom. The Morgan fingerprint density at radius 3 is 1.73 bits per heavy atom. The number of esters is 1. The Morgan fingerprint density at radius 2 is 1.32 bits per heavy atom. The molecular formula is C35H40ClO3P. The number of halogens is 1. The standard InChI is InChI=1S/C35H40O3P.ClH/c1-27(21-22-33-34(3,4)25-29(38-28(2)36)26-35(33,5)37)23-24-39(30-15-9-6-10-16-30,31-17-11-7-12-18-31)32-19-13-8-14-20-32;/h6-21,23,29,37H,24-26H2,1-5H3;1H/q+1;/p-1/b27-23+;/t22?,29-,35+;/m0./s1. The summed E-state index contributed by atoms with van der Waals surface area (Å²) < 4.78 is 5.48. The van der Waals surface area contributed by atoms with Crippen LogP contribution < -0.4 is 28.3 Å². The lowest BCUT2D eigenvalue weighted by atomic mass is 9.65. The van der Waals surface area contributed by atoms with Crippen molar-refractivity contribution in [2.24, 2.45) is 5.41 Å². The van der Waals surface area contributed by atoms with Crippen LogP contribution in [0.25, 0.3) is 0 Å². The highest BCUT2D eigenvalue weighted by atomic mass is 35.5. The molecule has 0 saturated heterocycles. The SMILES string of the molecule is CC(=O)O[C@H]1CC(C)(C)C(=C=C/C(C)=C/C[P+](c2ccccc2)(c2ccccc2)c2ccccc2)[C@](C)(O)C1.[Cl-]. The fourth-order valence-corrected chi connectivity index (χ4v) is 10.2. The summed E-state index contributed by atoms with van der Waals surface area (Å²) in [5.74, 6) is -0.310. The molecule has 1 aliphatic rings. The lowest BCUT2D eigenvalue weighted by Crippen LogP contribution is -3.00. The molecule has 0 amide bonds. The molecule has 0 aromatic heterocycles. The van der Waals surface area contributed by atoms with Gasteiger partial charge in [-0.3, -0.25) is 4.79 Å². The Balaban J connectivity index is 0.00000441. The van der Waals surface area contributed by atoms with Gasteiger partial charge in [0.15, 0.2) is 0 Å². The summed E-state index contributed by atoms with van der Waals surface area (Å²) >= 11 is 0. The third-order valence-electron chi connectivity index (χ3n) is 7.63. The van der Waals surface area contributed by atoms with Crippen molar-refractivity contribution < 1.29 is 27.0 Å². The number of aliphatic hydroxyl groups is 1. The first-order chi connectivity index (χ1) is 18.5. The van der Waals surface area contributed by atoms with Gasteiger partial charge in [0, 0.05) is 18.9 Å². The van der Waals surface area contributed by atoms with Crippen LogP contribution in [0.3, 0.4) is 0 Å². The van der Waals surface area contributed by atoms with Crippen LogP contribution in [-0.4, -0.2) is 28.9 Å². The minimum atomic E-state index is -1.96. The van der Waals surface area contributed by atoms with E-state index in [1.54, 1.807) is 6.92 Å². The molecule has 2 atom stereocenters. The first-order valence-electron chi connectivity index (χ1n) is 13.6. The molecule has 3 nitrogen and oxygen atoms in total. The van der Waals surface area contributed by atoms with E-state index in [0.717, 1.165) is 17.3 Å². The molecule has 0 radical (unpaired) electrons. The highest BCUT2D eigenvalue weighted by molar-refractivity contribution is 7.95. The minimum Gasteiger partial charge on any atom is -1.00 e. The van der Waals surface area contributed by atoms with E-state index >= 15 is 0 Å². The lowest BCUT2D eigenvalue weighted by molar-refractivity contribution is -0.152. The third kappa shape index (κ3) is 7.03. The quantitative estimate of drug-likeness (QED) is 0.203. The molecule has 3 aromatic carbocycles. The number of rotatable bonds is 7. The average Bonchev–Trinajstić information content (AvgIpc) is 2.89. The number of benzene rings is 3. The van der Waals surface area contributed by atoms with E-state index in [1.165, 1.54) is 22.8 Å². The van der Waals surface area contributed by atoms with Gasteiger partial charge < -0.3 is 22.3 Å². The van der Waals surface area contributed by atoms with Gasteiger partial charge >= 0.3 is 5.97 Å². The number of carbonyl (C=O) groups is 1. The molecule has 0 bridgehead atoms. The van der Waals surface area contributed by atoms with Gasteiger partial charge in [-0.15, -0.1) is 5.73 Å². The number of hydrogen-bond acceptors (Lipinski definition) is 3. The molecule has 3 aromatic rings. The predicted molar refractivity (Wildman–Crippen MR) is 165 cm³/mol. The monoisotopic (exact) mass is 574 g/mol. The van der Waals surface area contributed by atoms with Gasteiger partial charge in [-0.25, -0.2) is 0 Å². The van der Waals surface area contributed by atoms with Gasteiger partial charge in [-0.05, 0) is 79.8 Å². The van der Waals surface area contributed by atoms with Gasteiger partial charge in [0.05, 0.1) is 11.8 Å². The van der Waals surface area contributed by atoms with Crippen molar-refractivity contribution in [3.05, 3.63) is 120 Å². The molecule has 0 unspecified atom stereocenters. The first kappa shape index (κ1) is 31.6. The zero-order chi connectivity index (χ0) is 28.1. The zero-order valence-electron chi connectivity index (χ0n) is 24.1. The summed E-state index contributed by atoms with van der Waals surface area (Å²) in [7, 11) is -1.96. The van der Waals surface area contributed by atoms with Crippen molar-refractivity contribution in [3.8, 4) is 0 Å². The molecule has 5 heteroatoms. The topological polar surface area (TPSA) is 46.5 Å². The molecule has 210 valence electrons. The van der Waals surface area contributed by atoms with E-state index < -0.39 is 12.9 Å². The van der Waals surface area contributed by atoms with Gasteiger partial charge in [0.1, 0.15) is 29.3 Å². The summed E-state index contributed by atoms with van der Waals surface area (Å²) in [4.78, 5) is 11.6. The smallest absolute Gasteiger partial charge is 0.302 e. The van der Waals surface area contributed by atoms with Gasteiger partial charge in [0.2, 0.25) is 0 Å². The largest absolute Gasteiger partial charge is 1.00 e. The number of allylic oxidation sites excluding steroid dienone is 2. The molecule has 0 spiro atoms. The van der Waals surface area contributed by atoms with Crippen molar-refractivity contribution in [3.63, 3.8) is 0 Å². The molecule has 1 aliphatic carbocycles. The maximum absolute atomic E-state index is 11.6. The van der Waals surface area contributed by atoms with Crippen LogP contribution in [0.15, 0.2) is 120 Å². The van der Waals surface area contributed by atoms with Crippen molar-refractivity contribution in [2.45, 2.75) is 59.2 Å². The maximum atomic E-state index is 11.6. The second-order valence-electron chi connectivity index (χ2n) is 11.4. The second-order valence-corrected chi connectivity index (χ2v) is 14.9. The van der Waals surface area contributed by atoms with Crippen molar-refractivity contribution in [2.75, 3.05) is 6.16 Å². The summed E-state index contributed by atoms with van der Waals surface area (Å²) in [6, 6.07) is 32.6. The summed E-state index contributed by atoms with van der Waals surface area (Å²) in [5, 5.41) is 15.4. The number of ether oxygens (including phenoxy) is 1. The van der Waals surface area contributed by atoms with Crippen molar-refractivity contribution >= 4 is 29.1 Å². The highest BCUT2D eigenvalue weighted by Crippen LogP contribution is 2.55. The van der Waals surface area contributed by atoms with Crippen molar-refractivity contribution in [1.29, 1.82) is 0 Å². The van der Waals surface area contributed by atoms with E-state index in [-0.39, 0.29) is 29.9 Å². The van der Waals surface area contributed by atoms with E-state index in [1.807, 2.05) is 6.08 Å².